The second-order valence-corrected chi connectivity index (χ2v) is 1.69. The Labute approximate surface area is 54.3 Å². The van der Waals surface area contributed by atoms with Crippen LogP contribution >= 0.6 is 0 Å². The lowest BCUT2D eigenvalue weighted by molar-refractivity contribution is -0.134. The van der Waals surface area contributed by atoms with Crippen molar-refractivity contribution >= 4 is 5.91 Å². The second-order valence-electron chi connectivity index (χ2n) is 1.69. The Morgan fingerprint density at radius 1 is 1.89 bits per heavy atom. The molecule has 0 rings (SSSR count). The summed E-state index contributed by atoms with van der Waals surface area (Å²) >= 11 is 0. The summed E-state index contributed by atoms with van der Waals surface area (Å²) in [5.74, 6) is -0.295. The average molecular weight is 132 g/mol. The summed E-state index contributed by atoms with van der Waals surface area (Å²) in [7, 11) is 0. The highest BCUT2D eigenvalue weighted by molar-refractivity contribution is 5.79. The first-order valence-electron chi connectivity index (χ1n) is 2.85. The molecule has 0 aromatic rings. The van der Waals surface area contributed by atoms with E-state index in [9.17, 15) is 4.79 Å². The van der Waals surface area contributed by atoms with Crippen molar-refractivity contribution in [2.24, 2.45) is 5.73 Å². The summed E-state index contributed by atoms with van der Waals surface area (Å²) in [5.41, 5.74) is 7.35. The molecule has 9 heavy (non-hydrogen) atoms. The Balaban J connectivity index is 3.28. The fraction of sp³-hybridized carbons (Fsp3) is 0.800. The third-order valence-corrected chi connectivity index (χ3v) is 0.731. The van der Waals surface area contributed by atoms with Gasteiger partial charge in [-0.05, 0) is 13.8 Å². The zero-order valence-electron chi connectivity index (χ0n) is 5.68. The van der Waals surface area contributed by atoms with Crippen LogP contribution in [0.3, 0.4) is 0 Å². The molecule has 0 bridgehead atoms. The Kier molecular flexibility index (Phi) is 4.00. The van der Waals surface area contributed by atoms with E-state index in [1.54, 1.807) is 13.8 Å². The van der Waals surface area contributed by atoms with E-state index in [1.165, 1.54) is 0 Å². The van der Waals surface area contributed by atoms with Gasteiger partial charge in [-0.25, -0.2) is 5.48 Å². The maximum Gasteiger partial charge on any atom is 0.260 e. The van der Waals surface area contributed by atoms with Crippen molar-refractivity contribution < 1.29 is 9.63 Å². The zero-order valence-corrected chi connectivity index (χ0v) is 5.68. The number of nitrogens with two attached hydrogens (primary N) is 1. The lowest BCUT2D eigenvalue weighted by atomic mass is 10.4. The number of nitrogens with one attached hydrogen (secondary N) is 1. The SMILES string of the molecule is CCONC(=O)[C@H](C)N. The van der Waals surface area contributed by atoms with Gasteiger partial charge in [0.1, 0.15) is 0 Å². The van der Waals surface area contributed by atoms with Crippen LogP contribution in [0.2, 0.25) is 0 Å². The van der Waals surface area contributed by atoms with Crippen LogP contribution in [-0.4, -0.2) is 18.6 Å². The lowest BCUT2D eigenvalue weighted by Gasteiger charge is -2.04. The summed E-state index contributed by atoms with van der Waals surface area (Å²) < 4.78 is 0. The van der Waals surface area contributed by atoms with Gasteiger partial charge in [0.25, 0.3) is 5.91 Å². The van der Waals surface area contributed by atoms with Crippen LogP contribution in [0.15, 0.2) is 0 Å². The molecule has 0 aliphatic heterocycles. The average Bonchev–Trinajstić information content (AvgIpc) is 1.82. The van der Waals surface area contributed by atoms with Gasteiger partial charge in [0.05, 0.1) is 12.6 Å². The maximum absolute atomic E-state index is 10.5. The van der Waals surface area contributed by atoms with Crippen LogP contribution in [0.25, 0.3) is 0 Å². The van der Waals surface area contributed by atoms with Gasteiger partial charge in [-0.3, -0.25) is 9.63 Å². The Bertz CT molecular complexity index is 93.0. The summed E-state index contributed by atoms with van der Waals surface area (Å²) in [6.45, 7) is 3.83. The quantitative estimate of drug-likeness (QED) is 0.504. The molecule has 0 fully saturated rings. The van der Waals surface area contributed by atoms with Crippen molar-refractivity contribution in [1.29, 1.82) is 0 Å². The van der Waals surface area contributed by atoms with E-state index in [4.69, 9.17) is 5.73 Å². The predicted octanol–water partition coefficient (Wildman–Crippen LogP) is -0.599. The molecule has 1 amide bonds. The molecule has 0 radical (unpaired) electrons. The van der Waals surface area contributed by atoms with Gasteiger partial charge >= 0.3 is 0 Å². The van der Waals surface area contributed by atoms with Crippen LogP contribution < -0.4 is 11.2 Å². The van der Waals surface area contributed by atoms with Crippen molar-refractivity contribution in [3.05, 3.63) is 0 Å². The topological polar surface area (TPSA) is 64.3 Å². The third kappa shape index (κ3) is 3.93. The highest BCUT2D eigenvalue weighted by atomic mass is 16.6. The first-order chi connectivity index (χ1) is 4.18. The molecule has 4 heteroatoms. The van der Waals surface area contributed by atoms with Gasteiger partial charge in [-0.15, -0.1) is 0 Å². The zero-order chi connectivity index (χ0) is 7.28. The number of carbonyl (C=O) groups is 1. The highest BCUT2D eigenvalue weighted by Gasteiger charge is 2.04. The smallest absolute Gasteiger partial charge is 0.260 e. The fourth-order valence-electron chi connectivity index (χ4n) is 0.236. The maximum atomic E-state index is 10.5. The van der Waals surface area contributed by atoms with E-state index < -0.39 is 6.04 Å². The van der Waals surface area contributed by atoms with Gasteiger partial charge in [0.15, 0.2) is 0 Å². The molecule has 1 atom stereocenters. The van der Waals surface area contributed by atoms with Crippen molar-refractivity contribution in [2.75, 3.05) is 6.61 Å². The first-order valence-corrected chi connectivity index (χ1v) is 2.85. The summed E-state index contributed by atoms with van der Waals surface area (Å²) in [6, 6.07) is -0.503. The number of carbonyl (C=O) groups excluding carboxylic acids is 1. The summed E-state index contributed by atoms with van der Waals surface area (Å²) in [5, 5.41) is 0. The fourth-order valence-corrected chi connectivity index (χ4v) is 0.236. The second kappa shape index (κ2) is 4.29. The van der Waals surface area contributed by atoms with Crippen molar-refractivity contribution in [2.45, 2.75) is 19.9 Å². The molecule has 54 valence electrons. The molecule has 0 aromatic carbocycles. The summed E-state index contributed by atoms with van der Waals surface area (Å²) in [6.07, 6.45) is 0. The molecule has 3 N–H and O–H groups in total. The Hall–Kier alpha value is -0.610. The van der Waals surface area contributed by atoms with Gasteiger partial charge in [0.2, 0.25) is 0 Å². The van der Waals surface area contributed by atoms with E-state index in [0.29, 0.717) is 6.61 Å². The van der Waals surface area contributed by atoms with Gasteiger partial charge in [-0.1, -0.05) is 0 Å². The van der Waals surface area contributed by atoms with Crippen molar-refractivity contribution in [1.82, 2.24) is 5.48 Å². The van der Waals surface area contributed by atoms with E-state index >= 15 is 0 Å². The van der Waals surface area contributed by atoms with Crippen LogP contribution in [0, 0.1) is 0 Å². The van der Waals surface area contributed by atoms with E-state index in [0.717, 1.165) is 0 Å². The molecule has 4 nitrogen and oxygen atoms in total. The third-order valence-electron chi connectivity index (χ3n) is 0.731. The molecule has 0 saturated heterocycles. The molecular weight excluding hydrogens is 120 g/mol. The van der Waals surface area contributed by atoms with Gasteiger partial charge in [-0.2, -0.15) is 0 Å². The Morgan fingerprint density at radius 3 is 2.78 bits per heavy atom. The highest BCUT2D eigenvalue weighted by Crippen LogP contribution is 1.73. The van der Waals surface area contributed by atoms with Crippen molar-refractivity contribution in [3.63, 3.8) is 0 Å². The van der Waals surface area contributed by atoms with Crippen LogP contribution in [0.1, 0.15) is 13.8 Å². The lowest BCUT2D eigenvalue weighted by Crippen LogP contribution is -2.38. The largest absolute Gasteiger partial charge is 0.320 e. The molecule has 0 unspecified atom stereocenters. The number of hydrogen-bond acceptors (Lipinski definition) is 3. The van der Waals surface area contributed by atoms with Crippen LogP contribution in [0.5, 0.6) is 0 Å². The number of amides is 1. The molecule has 0 aliphatic carbocycles. The molecule has 0 aromatic heterocycles. The number of hydrogen-bond donors (Lipinski definition) is 2. The number of hydroxylamine groups is 1. The molecule has 0 spiro atoms. The van der Waals surface area contributed by atoms with Crippen molar-refractivity contribution in [3.8, 4) is 0 Å². The molecule has 0 heterocycles. The molecule has 0 aliphatic rings. The van der Waals surface area contributed by atoms with Gasteiger partial charge < -0.3 is 5.73 Å². The van der Waals surface area contributed by atoms with Crippen LogP contribution in [-0.2, 0) is 9.63 Å². The molecule has 0 saturated carbocycles. The molecular formula is C5H12N2O2. The monoisotopic (exact) mass is 132 g/mol. The van der Waals surface area contributed by atoms with Crippen LogP contribution in [0.4, 0.5) is 0 Å². The first kappa shape index (κ1) is 8.39. The standard InChI is InChI=1S/C5H12N2O2/c1-3-9-7-5(8)4(2)6/h4H,3,6H2,1-2H3,(H,7,8)/t4-/m0/s1. The predicted molar refractivity (Wildman–Crippen MR) is 33.4 cm³/mol. The summed E-state index contributed by atoms with van der Waals surface area (Å²) in [4.78, 5) is 15.1. The normalized spacial score (nSPS) is 12.8. The minimum atomic E-state index is -0.503. The van der Waals surface area contributed by atoms with E-state index in [1.807, 2.05) is 0 Å². The Morgan fingerprint density at radius 2 is 2.44 bits per heavy atom. The minimum Gasteiger partial charge on any atom is -0.320 e. The number of rotatable bonds is 3. The van der Waals surface area contributed by atoms with E-state index in [-0.39, 0.29) is 5.91 Å². The van der Waals surface area contributed by atoms with Gasteiger partial charge in [0, 0.05) is 0 Å². The minimum absolute atomic E-state index is 0.295. The van der Waals surface area contributed by atoms with E-state index in [2.05, 4.69) is 10.3 Å².